The molecule has 0 radical (unpaired) electrons. The van der Waals surface area contributed by atoms with Gasteiger partial charge in [0.15, 0.2) is 0 Å². The Hall–Kier alpha value is -1.88. The number of carboxylic acid groups (broad SMARTS) is 1. The molecule has 2 heterocycles. The molecule has 0 aliphatic rings. The van der Waals surface area contributed by atoms with Gasteiger partial charge in [0.1, 0.15) is 0 Å². The lowest BCUT2D eigenvalue weighted by atomic mass is 10.2. The Morgan fingerprint density at radius 1 is 1.53 bits per heavy atom. The number of carbonyl (C=O) groups is 1. The normalized spacial score (nSPS) is 12.1. The van der Waals surface area contributed by atoms with E-state index in [1.54, 1.807) is 11.3 Å². The topological polar surface area (TPSA) is 62.2 Å². The van der Waals surface area contributed by atoms with Gasteiger partial charge >= 0.3 is 5.97 Å². The monoisotopic (exact) mass is 248 g/mol. The number of thiophene rings is 1. The van der Waals surface area contributed by atoms with E-state index in [0.717, 1.165) is 4.88 Å². The number of pyridine rings is 1. The van der Waals surface area contributed by atoms with Crippen LogP contribution in [0, 0.1) is 0 Å². The SMILES string of the molecule is CC(Nc1cnccc1C(=O)O)c1cccs1. The number of aromatic carboxylic acids is 1. The van der Waals surface area contributed by atoms with E-state index in [2.05, 4.69) is 10.3 Å². The highest BCUT2D eigenvalue weighted by molar-refractivity contribution is 7.10. The maximum Gasteiger partial charge on any atom is 0.337 e. The summed E-state index contributed by atoms with van der Waals surface area (Å²) < 4.78 is 0. The van der Waals surface area contributed by atoms with E-state index >= 15 is 0 Å². The van der Waals surface area contributed by atoms with Gasteiger partial charge in [0, 0.05) is 11.1 Å². The second-order valence-corrected chi connectivity index (χ2v) is 4.59. The average molecular weight is 248 g/mol. The number of hydrogen-bond donors (Lipinski definition) is 2. The lowest BCUT2D eigenvalue weighted by molar-refractivity contribution is 0.0698. The van der Waals surface area contributed by atoms with Crippen LogP contribution in [0.2, 0.25) is 0 Å². The highest BCUT2D eigenvalue weighted by Crippen LogP contribution is 2.24. The summed E-state index contributed by atoms with van der Waals surface area (Å²) in [6.45, 7) is 1.99. The Balaban J connectivity index is 2.21. The number of nitrogens with zero attached hydrogens (tertiary/aromatic N) is 1. The van der Waals surface area contributed by atoms with Crippen molar-refractivity contribution in [3.05, 3.63) is 46.4 Å². The molecule has 0 saturated carbocycles. The zero-order chi connectivity index (χ0) is 12.3. The van der Waals surface area contributed by atoms with Crippen molar-refractivity contribution in [2.45, 2.75) is 13.0 Å². The van der Waals surface area contributed by atoms with Crippen molar-refractivity contribution in [3.8, 4) is 0 Å². The quantitative estimate of drug-likeness (QED) is 0.873. The smallest absolute Gasteiger partial charge is 0.337 e. The minimum absolute atomic E-state index is 0.0669. The predicted molar refractivity (Wildman–Crippen MR) is 67.6 cm³/mol. The molecule has 17 heavy (non-hydrogen) atoms. The number of nitrogens with one attached hydrogen (secondary N) is 1. The molecule has 0 saturated heterocycles. The van der Waals surface area contributed by atoms with Gasteiger partial charge < -0.3 is 10.4 Å². The van der Waals surface area contributed by atoms with Crippen LogP contribution < -0.4 is 5.32 Å². The molecule has 4 nitrogen and oxygen atoms in total. The third kappa shape index (κ3) is 2.62. The molecule has 5 heteroatoms. The molecule has 88 valence electrons. The van der Waals surface area contributed by atoms with Crippen LogP contribution in [-0.2, 0) is 0 Å². The Morgan fingerprint density at radius 3 is 3.00 bits per heavy atom. The summed E-state index contributed by atoms with van der Waals surface area (Å²) in [7, 11) is 0. The van der Waals surface area contributed by atoms with E-state index in [4.69, 9.17) is 5.11 Å². The summed E-state index contributed by atoms with van der Waals surface area (Å²) in [5.74, 6) is -0.951. The molecular formula is C12H12N2O2S. The predicted octanol–water partition coefficient (Wildman–Crippen LogP) is 3.01. The highest BCUT2D eigenvalue weighted by Gasteiger charge is 2.13. The van der Waals surface area contributed by atoms with E-state index < -0.39 is 5.97 Å². The first-order valence-electron chi connectivity index (χ1n) is 5.15. The Bertz CT molecular complexity index is 511. The van der Waals surface area contributed by atoms with Crippen molar-refractivity contribution < 1.29 is 9.90 Å². The minimum Gasteiger partial charge on any atom is -0.478 e. The summed E-state index contributed by atoms with van der Waals surface area (Å²) in [5.41, 5.74) is 0.782. The van der Waals surface area contributed by atoms with Gasteiger partial charge in [0.2, 0.25) is 0 Å². The number of aromatic nitrogens is 1. The second kappa shape index (κ2) is 4.97. The van der Waals surface area contributed by atoms with Crippen molar-refractivity contribution in [1.82, 2.24) is 4.98 Å². The molecule has 0 amide bonds. The number of rotatable bonds is 4. The lowest BCUT2D eigenvalue weighted by Gasteiger charge is -2.14. The van der Waals surface area contributed by atoms with Crippen LogP contribution >= 0.6 is 11.3 Å². The van der Waals surface area contributed by atoms with Crippen LogP contribution in [0.25, 0.3) is 0 Å². The van der Waals surface area contributed by atoms with Crippen LogP contribution in [0.1, 0.15) is 28.2 Å². The molecule has 2 N–H and O–H groups in total. The standard InChI is InChI=1S/C12H12N2O2S/c1-8(11-3-2-6-17-11)14-10-7-13-5-4-9(10)12(15)16/h2-8,14H,1H3,(H,15,16). The van der Waals surface area contributed by atoms with Crippen LogP contribution in [0.4, 0.5) is 5.69 Å². The first kappa shape index (κ1) is 11.6. The van der Waals surface area contributed by atoms with E-state index in [9.17, 15) is 4.79 Å². The number of anilines is 1. The van der Waals surface area contributed by atoms with Gasteiger partial charge in [0.25, 0.3) is 0 Å². The molecular weight excluding hydrogens is 236 g/mol. The fraction of sp³-hybridized carbons (Fsp3) is 0.167. The Labute approximate surface area is 103 Å². The molecule has 0 aliphatic carbocycles. The number of hydrogen-bond acceptors (Lipinski definition) is 4. The largest absolute Gasteiger partial charge is 0.478 e. The summed E-state index contributed by atoms with van der Waals surface area (Å²) in [4.78, 5) is 16.1. The highest BCUT2D eigenvalue weighted by atomic mass is 32.1. The molecule has 0 bridgehead atoms. The molecule has 1 unspecified atom stereocenters. The molecule has 2 aromatic heterocycles. The van der Waals surface area contributed by atoms with Crippen LogP contribution in [-0.4, -0.2) is 16.1 Å². The van der Waals surface area contributed by atoms with Crippen molar-refractivity contribution in [2.24, 2.45) is 0 Å². The molecule has 0 spiro atoms. The summed E-state index contributed by atoms with van der Waals surface area (Å²) >= 11 is 1.63. The molecule has 2 aromatic rings. The molecule has 0 fully saturated rings. The summed E-state index contributed by atoms with van der Waals surface area (Å²) in [6.07, 6.45) is 3.01. The van der Waals surface area contributed by atoms with Gasteiger partial charge in [-0.2, -0.15) is 0 Å². The van der Waals surface area contributed by atoms with Gasteiger partial charge in [-0.05, 0) is 24.4 Å². The average Bonchev–Trinajstić information content (AvgIpc) is 2.83. The first-order valence-corrected chi connectivity index (χ1v) is 6.03. The van der Waals surface area contributed by atoms with E-state index in [1.165, 1.54) is 18.5 Å². The van der Waals surface area contributed by atoms with Crippen LogP contribution in [0.5, 0.6) is 0 Å². The van der Waals surface area contributed by atoms with Crippen molar-refractivity contribution >= 4 is 23.0 Å². The molecule has 0 aromatic carbocycles. The third-order valence-electron chi connectivity index (χ3n) is 2.39. The molecule has 0 aliphatic heterocycles. The third-order valence-corrected chi connectivity index (χ3v) is 3.45. The van der Waals surface area contributed by atoms with Crippen molar-refractivity contribution in [1.29, 1.82) is 0 Å². The van der Waals surface area contributed by atoms with Crippen molar-refractivity contribution in [3.63, 3.8) is 0 Å². The fourth-order valence-corrected chi connectivity index (χ4v) is 2.27. The van der Waals surface area contributed by atoms with E-state index in [-0.39, 0.29) is 11.6 Å². The maximum atomic E-state index is 11.0. The number of carboxylic acids is 1. The minimum atomic E-state index is -0.951. The maximum absolute atomic E-state index is 11.0. The van der Waals surface area contributed by atoms with Gasteiger partial charge in [-0.3, -0.25) is 4.98 Å². The lowest BCUT2D eigenvalue weighted by Crippen LogP contribution is -2.10. The fourth-order valence-electron chi connectivity index (χ4n) is 1.54. The van der Waals surface area contributed by atoms with Gasteiger partial charge in [-0.25, -0.2) is 4.79 Å². The van der Waals surface area contributed by atoms with Gasteiger partial charge in [0.05, 0.1) is 23.5 Å². The van der Waals surface area contributed by atoms with E-state index in [0.29, 0.717) is 5.69 Å². The molecule has 2 rings (SSSR count). The van der Waals surface area contributed by atoms with Crippen molar-refractivity contribution in [2.75, 3.05) is 5.32 Å². The Morgan fingerprint density at radius 2 is 2.35 bits per heavy atom. The Kier molecular flexibility index (Phi) is 3.39. The summed E-state index contributed by atoms with van der Waals surface area (Å²) in [5, 5.41) is 14.2. The first-order chi connectivity index (χ1) is 8.18. The van der Waals surface area contributed by atoms with Gasteiger partial charge in [-0.1, -0.05) is 6.07 Å². The van der Waals surface area contributed by atoms with Crippen LogP contribution in [0.3, 0.4) is 0 Å². The molecule has 1 atom stereocenters. The zero-order valence-electron chi connectivity index (χ0n) is 9.25. The second-order valence-electron chi connectivity index (χ2n) is 3.61. The van der Waals surface area contributed by atoms with Crippen LogP contribution in [0.15, 0.2) is 36.0 Å². The van der Waals surface area contributed by atoms with Gasteiger partial charge in [-0.15, -0.1) is 11.3 Å². The zero-order valence-corrected chi connectivity index (χ0v) is 10.1. The van der Waals surface area contributed by atoms with E-state index in [1.807, 2.05) is 24.4 Å². The summed E-state index contributed by atoms with van der Waals surface area (Å²) in [6, 6.07) is 5.54.